The SMILES string of the molecule is Cc1ncoc1C(=O)N1CCc2nn(Cc3ccccc3)c(=O)n2CC1. The minimum absolute atomic E-state index is 0.144. The highest BCUT2D eigenvalue weighted by Gasteiger charge is 2.26. The number of nitrogens with zero attached hydrogens (tertiary/aromatic N) is 5. The Bertz CT molecular complexity index is 986. The van der Waals surface area contributed by atoms with Crippen molar-refractivity contribution in [1.82, 2.24) is 24.2 Å². The third-order valence-corrected chi connectivity index (χ3v) is 4.60. The fourth-order valence-corrected chi connectivity index (χ4v) is 3.18. The first-order chi connectivity index (χ1) is 12.6. The molecular weight excluding hydrogens is 334 g/mol. The summed E-state index contributed by atoms with van der Waals surface area (Å²) in [5, 5.41) is 4.47. The maximum Gasteiger partial charge on any atom is 0.346 e. The van der Waals surface area contributed by atoms with Crippen molar-refractivity contribution in [1.29, 1.82) is 0 Å². The molecule has 26 heavy (non-hydrogen) atoms. The van der Waals surface area contributed by atoms with Gasteiger partial charge in [0.1, 0.15) is 5.82 Å². The molecule has 1 amide bonds. The zero-order valence-corrected chi connectivity index (χ0v) is 14.5. The highest BCUT2D eigenvalue weighted by Crippen LogP contribution is 2.12. The second-order valence-corrected chi connectivity index (χ2v) is 6.30. The fraction of sp³-hybridized carbons (Fsp3) is 0.333. The summed E-state index contributed by atoms with van der Waals surface area (Å²) < 4.78 is 8.34. The molecule has 0 N–H and O–H groups in total. The van der Waals surface area contributed by atoms with E-state index in [0.29, 0.717) is 44.1 Å². The third kappa shape index (κ3) is 2.94. The Hall–Kier alpha value is -3.16. The molecular formula is C18H19N5O3. The van der Waals surface area contributed by atoms with Crippen LogP contribution >= 0.6 is 0 Å². The van der Waals surface area contributed by atoms with Crippen LogP contribution in [0.5, 0.6) is 0 Å². The first kappa shape index (κ1) is 16.3. The zero-order valence-electron chi connectivity index (χ0n) is 14.5. The van der Waals surface area contributed by atoms with Crippen LogP contribution < -0.4 is 5.69 Å². The standard InChI is InChI=1S/C18H19N5O3/c1-13-16(26-12-19-13)17(24)21-8-7-15-20-23(18(25)22(15)10-9-21)11-14-5-3-2-4-6-14/h2-6,12H,7-11H2,1H3. The monoisotopic (exact) mass is 353 g/mol. The second-order valence-electron chi connectivity index (χ2n) is 6.30. The van der Waals surface area contributed by atoms with Crippen LogP contribution in [0.2, 0.25) is 0 Å². The summed E-state index contributed by atoms with van der Waals surface area (Å²) >= 11 is 0. The molecule has 0 saturated carbocycles. The molecule has 8 heteroatoms. The normalized spacial score (nSPS) is 14.1. The molecule has 3 heterocycles. The van der Waals surface area contributed by atoms with Gasteiger partial charge in [-0.2, -0.15) is 5.10 Å². The number of aromatic nitrogens is 4. The number of carbonyl (C=O) groups is 1. The molecule has 1 aliphatic rings. The van der Waals surface area contributed by atoms with Gasteiger partial charge in [-0.15, -0.1) is 0 Å². The van der Waals surface area contributed by atoms with E-state index in [1.165, 1.54) is 11.1 Å². The lowest BCUT2D eigenvalue weighted by atomic mass is 10.2. The van der Waals surface area contributed by atoms with Gasteiger partial charge in [0.2, 0.25) is 5.76 Å². The molecule has 2 aromatic heterocycles. The molecule has 0 unspecified atom stereocenters. The Morgan fingerprint density at radius 2 is 2.00 bits per heavy atom. The van der Waals surface area contributed by atoms with E-state index in [-0.39, 0.29) is 17.4 Å². The summed E-state index contributed by atoms with van der Waals surface area (Å²) in [5.74, 6) is 0.761. The molecule has 1 aromatic carbocycles. The topological polar surface area (TPSA) is 86.2 Å². The van der Waals surface area contributed by atoms with E-state index in [1.54, 1.807) is 16.4 Å². The van der Waals surface area contributed by atoms with Crippen LogP contribution in [0, 0.1) is 6.92 Å². The van der Waals surface area contributed by atoms with Crippen LogP contribution in [0.25, 0.3) is 0 Å². The highest BCUT2D eigenvalue weighted by molar-refractivity contribution is 5.92. The molecule has 0 bridgehead atoms. The molecule has 0 aliphatic carbocycles. The lowest BCUT2D eigenvalue weighted by Gasteiger charge is -2.18. The van der Waals surface area contributed by atoms with Gasteiger partial charge < -0.3 is 9.32 Å². The van der Waals surface area contributed by atoms with Crippen molar-refractivity contribution >= 4 is 5.91 Å². The Balaban J connectivity index is 1.52. The Kier molecular flexibility index (Phi) is 4.16. The number of rotatable bonds is 3. The van der Waals surface area contributed by atoms with Gasteiger partial charge in [-0.25, -0.2) is 14.5 Å². The van der Waals surface area contributed by atoms with E-state index in [2.05, 4.69) is 10.1 Å². The summed E-state index contributed by atoms with van der Waals surface area (Å²) in [6.45, 7) is 3.52. The van der Waals surface area contributed by atoms with Crippen molar-refractivity contribution in [3.05, 3.63) is 70.1 Å². The molecule has 0 fully saturated rings. The summed E-state index contributed by atoms with van der Waals surface area (Å²) in [6, 6.07) is 9.76. The van der Waals surface area contributed by atoms with E-state index < -0.39 is 0 Å². The van der Waals surface area contributed by atoms with Gasteiger partial charge in [0.05, 0.1) is 12.2 Å². The van der Waals surface area contributed by atoms with E-state index in [0.717, 1.165) is 5.56 Å². The minimum atomic E-state index is -0.199. The number of oxazole rings is 1. The van der Waals surface area contributed by atoms with E-state index >= 15 is 0 Å². The molecule has 134 valence electrons. The maximum absolute atomic E-state index is 12.7. The van der Waals surface area contributed by atoms with Crippen molar-refractivity contribution in [3.63, 3.8) is 0 Å². The second kappa shape index (κ2) is 6.62. The average molecular weight is 353 g/mol. The summed E-state index contributed by atoms with van der Waals surface area (Å²) in [4.78, 5) is 30.9. The van der Waals surface area contributed by atoms with Crippen molar-refractivity contribution in [2.75, 3.05) is 13.1 Å². The first-order valence-electron chi connectivity index (χ1n) is 8.53. The Morgan fingerprint density at radius 3 is 2.73 bits per heavy atom. The Labute approximate surface area is 149 Å². The lowest BCUT2D eigenvalue weighted by Crippen LogP contribution is -2.35. The quantitative estimate of drug-likeness (QED) is 0.703. The van der Waals surface area contributed by atoms with Crippen molar-refractivity contribution in [2.45, 2.75) is 26.4 Å². The van der Waals surface area contributed by atoms with Crippen LogP contribution in [-0.2, 0) is 19.5 Å². The average Bonchev–Trinajstić information content (AvgIpc) is 3.12. The molecule has 3 aromatic rings. The molecule has 8 nitrogen and oxygen atoms in total. The third-order valence-electron chi connectivity index (χ3n) is 4.60. The van der Waals surface area contributed by atoms with Gasteiger partial charge in [0.25, 0.3) is 5.91 Å². The van der Waals surface area contributed by atoms with Gasteiger partial charge in [0, 0.05) is 26.1 Å². The number of hydrogen-bond donors (Lipinski definition) is 0. The molecule has 4 rings (SSSR count). The summed E-state index contributed by atoms with van der Waals surface area (Å²) in [5.41, 5.74) is 1.46. The summed E-state index contributed by atoms with van der Waals surface area (Å²) in [7, 11) is 0. The van der Waals surface area contributed by atoms with E-state index in [4.69, 9.17) is 4.42 Å². The zero-order chi connectivity index (χ0) is 18.1. The van der Waals surface area contributed by atoms with Crippen molar-refractivity contribution in [3.8, 4) is 0 Å². The van der Waals surface area contributed by atoms with E-state index in [9.17, 15) is 9.59 Å². The van der Waals surface area contributed by atoms with E-state index in [1.807, 2.05) is 30.3 Å². The maximum atomic E-state index is 12.7. The lowest BCUT2D eigenvalue weighted by molar-refractivity contribution is 0.0725. The summed E-state index contributed by atoms with van der Waals surface area (Å²) in [6.07, 6.45) is 1.80. The smallest absolute Gasteiger partial charge is 0.346 e. The largest absolute Gasteiger partial charge is 0.438 e. The molecule has 0 spiro atoms. The van der Waals surface area contributed by atoms with Crippen LogP contribution in [0.1, 0.15) is 27.6 Å². The van der Waals surface area contributed by atoms with Crippen LogP contribution in [0.15, 0.2) is 45.9 Å². The number of benzene rings is 1. The van der Waals surface area contributed by atoms with Crippen molar-refractivity contribution in [2.24, 2.45) is 0 Å². The van der Waals surface area contributed by atoms with Crippen LogP contribution in [0.3, 0.4) is 0 Å². The molecule has 0 saturated heterocycles. The van der Waals surface area contributed by atoms with Crippen molar-refractivity contribution < 1.29 is 9.21 Å². The van der Waals surface area contributed by atoms with Gasteiger partial charge in [-0.3, -0.25) is 9.36 Å². The number of amides is 1. The Morgan fingerprint density at radius 1 is 1.19 bits per heavy atom. The van der Waals surface area contributed by atoms with Gasteiger partial charge in [-0.05, 0) is 12.5 Å². The number of hydrogen-bond acceptors (Lipinski definition) is 5. The first-order valence-corrected chi connectivity index (χ1v) is 8.53. The number of aryl methyl sites for hydroxylation is 1. The molecule has 1 aliphatic heterocycles. The van der Waals surface area contributed by atoms with Crippen LogP contribution in [-0.4, -0.2) is 43.2 Å². The predicted octanol–water partition coefficient (Wildman–Crippen LogP) is 1.09. The molecule has 0 atom stereocenters. The van der Waals surface area contributed by atoms with Gasteiger partial charge >= 0.3 is 5.69 Å². The fourth-order valence-electron chi connectivity index (χ4n) is 3.18. The number of carbonyl (C=O) groups excluding carboxylic acids is 1. The molecule has 0 radical (unpaired) electrons. The van der Waals surface area contributed by atoms with Gasteiger partial charge in [-0.1, -0.05) is 30.3 Å². The number of fused-ring (bicyclic) bond motifs is 1. The van der Waals surface area contributed by atoms with Crippen LogP contribution in [0.4, 0.5) is 0 Å². The van der Waals surface area contributed by atoms with Gasteiger partial charge in [0.15, 0.2) is 6.39 Å². The predicted molar refractivity (Wildman–Crippen MR) is 92.9 cm³/mol. The highest BCUT2D eigenvalue weighted by atomic mass is 16.3. The minimum Gasteiger partial charge on any atom is -0.438 e.